The normalized spacial score (nSPS) is 18.8. The maximum Gasteiger partial charge on any atom is 0.393 e. The van der Waals surface area contributed by atoms with Crippen molar-refractivity contribution in [1.29, 1.82) is 5.26 Å². The Labute approximate surface area is 124 Å². The summed E-state index contributed by atoms with van der Waals surface area (Å²) in [5.41, 5.74) is 4.92. The molecule has 0 radical (unpaired) electrons. The fraction of sp³-hybridized carbons (Fsp3) is 0.462. The quantitative estimate of drug-likeness (QED) is 0.514. The standard InChI is InChI=1S/C13H13F3N4O2/c14-13(15,16)8-2-1-5-19(7-8)10-3-4-11(20(21)22)12(18)9(10)6-17/h3-4,8H,1-2,5,7,18H2/t8-/m1/s1. The summed E-state index contributed by atoms with van der Waals surface area (Å²) in [5, 5.41) is 20.0. The van der Waals surface area contributed by atoms with Crippen molar-refractivity contribution in [2.45, 2.75) is 19.0 Å². The van der Waals surface area contributed by atoms with Crippen LogP contribution in [0.15, 0.2) is 12.1 Å². The number of nitrogen functional groups attached to an aromatic ring is 1. The number of nitro benzene ring substituents is 1. The Morgan fingerprint density at radius 3 is 2.68 bits per heavy atom. The Kier molecular flexibility index (Phi) is 4.12. The number of halogens is 3. The van der Waals surface area contributed by atoms with Crippen molar-refractivity contribution in [3.63, 3.8) is 0 Å². The molecule has 1 saturated heterocycles. The van der Waals surface area contributed by atoms with Crippen LogP contribution in [0.2, 0.25) is 0 Å². The molecule has 0 bridgehead atoms. The number of anilines is 2. The fourth-order valence-corrected chi connectivity index (χ4v) is 2.60. The van der Waals surface area contributed by atoms with Gasteiger partial charge in [-0.15, -0.1) is 0 Å². The van der Waals surface area contributed by atoms with Gasteiger partial charge in [-0.3, -0.25) is 10.1 Å². The Hall–Kier alpha value is -2.50. The second-order valence-electron chi connectivity index (χ2n) is 5.09. The summed E-state index contributed by atoms with van der Waals surface area (Å²) in [7, 11) is 0. The van der Waals surface area contributed by atoms with E-state index in [1.165, 1.54) is 11.0 Å². The molecule has 2 N–H and O–H groups in total. The van der Waals surface area contributed by atoms with Crippen molar-refractivity contribution >= 4 is 17.1 Å². The lowest BCUT2D eigenvalue weighted by Gasteiger charge is -2.35. The van der Waals surface area contributed by atoms with Crippen molar-refractivity contribution in [3.8, 4) is 6.07 Å². The first-order chi connectivity index (χ1) is 10.3. The van der Waals surface area contributed by atoms with Gasteiger partial charge < -0.3 is 10.6 Å². The molecule has 1 aliphatic heterocycles. The van der Waals surface area contributed by atoms with Crippen molar-refractivity contribution in [2.24, 2.45) is 5.92 Å². The minimum Gasteiger partial charge on any atom is -0.392 e. The molecule has 0 saturated carbocycles. The summed E-state index contributed by atoms with van der Waals surface area (Å²) in [6.45, 7) is 0.0634. The Bertz CT molecular complexity index is 639. The van der Waals surface area contributed by atoms with Gasteiger partial charge in [0.25, 0.3) is 5.69 Å². The van der Waals surface area contributed by atoms with E-state index < -0.39 is 22.7 Å². The number of nitrogens with two attached hydrogens (primary N) is 1. The largest absolute Gasteiger partial charge is 0.393 e. The summed E-state index contributed by atoms with van der Waals surface area (Å²) < 4.78 is 38.6. The molecule has 1 atom stereocenters. The molecule has 0 aliphatic carbocycles. The second kappa shape index (κ2) is 5.71. The number of alkyl halides is 3. The third kappa shape index (κ3) is 2.90. The van der Waals surface area contributed by atoms with Crippen LogP contribution >= 0.6 is 0 Å². The third-order valence-corrected chi connectivity index (χ3v) is 3.73. The Morgan fingerprint density at radius 2 is 2.14 bits per heavy atom. The highest BCUT2D eigenvalue weighted by Gasteiger charge is 2.42. The maximum absolute atomic E-state index is 12.9. The molecule has 0 amide bonds. The molecule has 6 nitrogen and oxygen atoms in total. The van der Waals surface area contributed by atoms with Crippen LogP contribution in [0.3, 0.4) is 0 Å². The lowest BCUT2D eigenvalue weighted by molar-refractivity contribution is -0.383. The summed E-state index contributed by atoms with van der Waals surface area (Å²) in [5.74, 6) is -1.48. The molecule has 1 aliphatic rings. The fourth-order valence-electron chi connectivity index (χ4n) is 2.60. The minimum atomic E-state index is -4.31. The van der Waals surface area contributed by atoms with Crippen LogP contribution in [-0.4, -0.2) is 24.2 Å². The lowest BCUT2D eigenvalue weighted by Crippen LogP contribution is -2.42. The van der Waals surface area contributed by atoms with Gasteiger partial charge in [0.15, 0.2) is 0 Å². The molecule has 22 heavy (non-hydrogen) atoms. The molecule has 2 rings (SSSR count). The molecule has 0 aromatic heterocycles. The van der Waals surface area contributed by atoms with Crippen LogP contribution in [0, 0.1) is 27.4 Å². The molecule has 1 fully saturated rings. The van der Waals surface area contributed by atoms with Crippen molar-refractivity contribution < 1.29 is 18.1 Å². The average Bonchev–Trinajstić information content (AvgIpc) is 2.45. The van der Waals surface area contributed by atoms with Crippen molar-refractivity contribution in [2.75, 3.05) is 23.7 Å². The third-order valence-electron chi connectivity index (χ3n) is 3.73. The Morgan fingerprint density at radius 1 is 1.45 bits per heavy atom. The molecule has 1 heterocycles. The van der Waals surface area contributed by atoms with E-state index in [-0.39, 0.29) is 29.9 Å². The van der Waals surface area contributed by atoms with Gasteiger partial charge in [0.2, 0.25) is 0 Å². The van der Waals surface area contributed by atoms with Gasteiger partial charge in [-0.05, 0) is 18.9 Å². The summed E-state index contributed by atoms with van der Waals surface area (Å²) in [4.78, 5) is 11.5. The number of rotatable bonds is 2. The minimum absolute atomic E-state index is 0.0321. The van der Waals surface area contributed by atoms with Crippen molar-refractivity contribution in [1.82, 2.24) is 0 Å². The van der Waals surface area contributed by atoms with Crippen LogP contribution in [-0.2, 0) is 0 Å². The molecular weight excluding hydrogens is 301 g/mol. The van der Waals surface area contributed by atoms with Crippen LogP contribution < -0.4 is 10.6 Å². The van der Waals surface area contributed by atoms with E-state index in [4.69, 9.17) is 11.0 Å². The molecule has 0 unspecified atom stereocenters. The zero-order chi connectivity index (χ0) is 16.5. The number of nitrogens with zero attached hydrogens (tertiary/aromatic N) is 3. The first kappa shape index (κ1) is 15.9. The average molecular weight is 314 g/mol. The molecule has 9 heteroatoms. The van der Waals surface area contributed by atoms with E-state index in [9.17, 15) is 23.3 Å². The van der Waals surface area contributed by atoms with E-state index in [0.717, 1.165) is 6.07 Å². The van der Waals surface area contributed by atoms with E-state index >= 15 is 0 Å². The van der Waals surface area contributed by atoms with E-state index in [0.29, 0.717) is 13.0 Å². The molecular formula is C13H13F3N4O2. The predicted octanol–water partition coefficient (Wildman–Crippen LogP) is 2.83. The van der Waals surface area contributed by atoms with Crippen LogP contribution in [0.5, 0.6) is 0 Å². The maximum atomic E-state index is 12.9. The number of benzene rings is 1. The number of nitriles is 1. The second-order valence-corrected chi connectivity index (χ2v) is 5.09. The van der Waals surface area contributed by atoms with Gasteiger partial charge in [0, 0.05) is 19.2 Å². The summed E-state index contributed by atoms with van der Waals surface area (Å²) >= 11 is 0. The van der Waals surface area contributed by atoms with Gasteiger partial charge in [-0.2, -0.15) is 18.4 Å². The highest BCUT2D eigenvalue weighted by atomic mass is 19.4. The topological polar surface area (TPSA) is 96.2 Å². The zero-order valence-corrected chi connectivity index (χ0v) is 11.4. The van der Waals surface area contributed by atoms with Crippen molar-refractivity contribution in [3.05, 3.63) is 27.8 Å². The van der Waals surface area contributed by atoms with Crippen LogP contribution in [0.1, 0.15) is 18.4 Å². The SMILES string of the molecule is N#Cc1c(N2CCC[C@@H](C(F)(F)F)C2)ccc([N+](=O)[O-])c1N. The number of piperidine rings is 1. The first-order valence-electron chi connectivity index (χ1n) is 6.54. The highest BCUT2D eigenvalue weighted by Crippen LogP contribution is 2.38. The van der Waals surface area contributed by atoms with E-state index in [2.05, 4.69) is 0 Å². The predicted molar refractivity (Wildman–Crippen MR) is 73.2 cm³/mol. The molecule has 1 aromatic rings. The van der Waals surface area contributed by atoms with E-state index in [1.54, 1.807) is 6.07 Å². The smallest absolute Gasteiger partial charge is 0.392 e. The first-order valence-corrected chi connectivity index (χ1v) is 6.54. The molecule has 118 valence electrons. The molecule has 1 aromatic carbocycles. The summed E-state index contributed by atoms with van der Waals surface area (Å²) in [6.07, 6.45) is -3.95. The number of hydrogen-bond donors (Lipinski definition) is 1. The monoisotopic (exact) mass is 314 g/mol. The highest BCUT2D eigenvalue weighted by molar-refractivity contribution is 5.77. The van der Waals surface area contributed by atoms with Gasteiger partial charge >= 0.3 is 6.18 Å². The number of nitro groups is 1. The lowest BCUT2D eigenvalue weighted by atomic mass is 9.96. The zero-order valence-electron chi connectivity index (χ0n) is 11.4. The van der Waals surface area contributed by atoms with Crippen LogP contribution in [0.25, 0.3) is 0 Å². The Balaban J connectivity index is 2.39. The summed E-state index contributed by atoms with van der Waals surface area (Å²) in [6, 6.07) is 4.15. The van der Waals surface area contributed by atoms with Gasteiger partial charge in [0.1, 0.15) is 17.3 Å². The van der Waals surface area contributed by atoms with Gasteiger partial charge in [-0.25, -0.2) is 0 Å². The van der Waals surface area contributed by atoms with E-state index in [1.807, 2.05) is 0 Å². The number of hydrogen-bond acceptors (Lipinski definition) is 5. The van der Waals surface area contributed by atoms with Gasteiger partial charge in [0.05, 0.1) is 16.5 Å². The molecule has 0 spiro atoms. The van der Waals surface area contributed by atoms with Crippen LogP contribution in [0.4, 0.5) is 30.2 Å². The van der Waals surface area contributed by atoms with Gasteiger partial charge in [-0.1, -0.05) is 0 Å².